The van der Waals surface area contributed by atoms with E-state index in [1.165, 1.54) is 6.20 Å². The standard InChI is InChI=1S/C12H5Cl6NO/c13-5-1-4(2-19-6(5)3-20)7-8(14)10(16)12(18)11(17)9(7)15/h1-2,20H,3H2. The summed E-state index contributed by atoms with van der Waals surface area (Å²) in [5.41, 5.74) is 1.24. The number of hydrogen-bond donors (Lipinski definition) is 1. The lowest BCUT2D eigenvalue weighted by Crippen LogP contribution is -1.93. The van der Waals surface area contributed by atoms with Crippen molar-refractivity contribution in [2.75, 3.05) is 0 Å². The summed E-state index contributed by atoms with van der Waals surface area (Å²) >= 11 is 36.2. The van der Waals surface area contributed by atoms with E-state index in [1.807, 2.05) is 0 Å². The molecule has 0 unspecified atom stereocenters. The SMILES string of the molecule is OCc1ncc(-c2c(Cl)c(Cl)c(Cl)c(Cl)c2Cl)cc1Cl. The molecular formula is C12H5Cl6NO. The second-order valence-corrected chi connectivity index (χ2v) is 6.05. The van der Waals surface area contributed by atoms with Crippen LogP contribution in [0.25, 0.3) is 11.1 Å². The molecule has 0 radical (unpaired) electrons. The zero-order valence-electron chi connectivity index (χ0n) is 9.52. The summed E-state index contributed by atoms with van der Waals surface area (Å²) in [6, 6.07) is 1.56. The molecule has 1 aromatic carbocycles. The minimum atomic E-state index is -0.275. The van der Waals surface area contributed by atoms with Crippen molar-refractivity contribution in [3.63, 3.8) is 0 Å². The van der Waals surface area contributed by atoms with Crippen molar-refractivity contribution in [2.45, 2.75) is 6.61 Å². The highest BCUT2D eigenvalue weighted by Crippen LogP contribution is 2.48. The van der Waals surface area contributed by atoms with Gasteiger partial charge in [0.05, 0.1) is 42.4 Å². The normalized spacial score (nSPS) is 10.9. The van der Waals surface area contributed by atoms with E-state index in [9.17, 15) is 0 Å². The van der Waals surface area contributed by atoms with Crippen molar-refractivity contribution >= 4 is 69.6 Å². The lowest BCUT2D eigenvalue weighted by Gasteiger charge is -2.13. The summed E-state index contributed by atoms with van der Waals surface area (Å²) in [7, 11) is 0. The maximum atomic E-state index is 9.05. The average molecular weight is 392 g/mol. The largest absolute Gasteiger partial charge is 0.390 e. The van der Waals surface area contributed by atoms with Crippen molar-refractivity contribution < 1.29 is 5.11 Å². The van der Waals surface area contributed by atoms with Crippen LogP contribution in [-0.2, 0) is 6.61 Å². The molecule has 1 heterocycles. The first-order valence-electron chi connectivity index (χ1n) is 5.15. The second-order valence-electron chi connectivity index (χ2n) is 3.76. The van der Waals surface area contributed by atoms with Crippen LogP contribution < -0.4 is 0 Å². The molecule has 1 aromatic heterocycles. The predicted octanol–water partition coefficient (Wildman–Crippen LogP) is 6.16. The van der Waals surface area contributed by atoms with Crippen LogP contribution in [0, 0.1) is 0 Å². The molecule has 0 spiro atoms. The number of aliphatic hydroxyl groups excluding tert-OH is 1. The first-order chi connectivity index (χ1) is 9.38. The van der Waals surface area contributed by atoms with E-state index < -0.39 is 0 Å². The molecule has 2 aromatic rings. The van der Waals surface area contributed by atoms with Crippen LogP contribution in [0.2, 0.25) is 30.1 Å². The van der Waals surface area contributed by atoms with Crippen LogP contribution in [0.1, 0.15) is 5.69 Å². The third kappa shape index (κ3) is 2.84. The summed E-state index contributed by atoms with van der Waals surface area (Å²) in [5, 5.41) is 9.92. The monoisotopic (exact) mass is 389 g/mol. The molecule has 2 rings (SSSR count). The highest BCUT2D eigenvalue weighted by atomic mass is 35.5. The van der Waals surface area contributed by atoms with E-state index in [2.05, 4.69) is 4.98 Å². The van der Waals surface area contributed by atoms with E-state index >= 15 is 0 Å². The molecule has 1 N–H and O–H groups in total. The molecule has 0 atom stereocenters. The molecule has 0 aliphatic heterocycles. The Kier molecular flexibility index (Phi) is 5.30. The molecule has 2 nitrogen and oxygen atoms in total. The third-order valence-electron chi connectivity index (χ3n) is 2.57. The number of aliphatic hydroxyl groups is 1. The molecule has 20 heavy (non-hydrogen) atoms. The van der Waals surface area contributed by atoms with Gasteiger partial charge in [0.25, 0.3) is 0 Å². The van der Waals surface area contributed by atoms with E-state index in [0.717, 1.165) is 0 Å². The van der Waals surface area contributed by atoms with Crippen LogP contribution in [0.15, 0.2) is 12.3 Å². The maximum Gasteiger partial charge on any atom is 0.0868 e. The number of pyridine rings is 1. The fraction of sp³-hybridized carbons (Fsp3) is 0.0833. The Morgan fingerprint density at radius 1 is 0.850 bits per heavy atom. The van der Waals surface area contributed by atoms with E-state index in [0.29, 0.717) is 16.8 Å². The van der Waals surface area contributed by atoms with Gasteiger partial charge in [0.15, 0.2) is 0 Å². The highest BCUT2D eigenvalue weighted by molar-refractivity contribution is 6.56. The van der Waals surface area contributed by atoms with Gasteiger partial charge in [-0.1, -0.05) is 69.6 Å². The summed E-state index contributed by atoms with van der Waals surface area (Å²) in [4.78, 5) is 4.02. The van der Waals surface area contributed by atoms with Gasteiger partial charge in [0.1, 0.15) is 0 Å². The molecule has 106 valence electrons. The summed E-state index contributed by atoms with van der Waals surface area (Å²) in [6.45, 7) is -0.275. The van der Waals surface area contributed by atoms with Crippen molar-refractivity contribution in [1.29, 1.82) is 0 Å². The maximum absolute atomic E-state index is 9.05. The van der Waals surface area contributed by atoms with E-state index in [1.54, 1.807) is 6.07 Å². The number of halogens is 6. The Bertz CT molecular complexity index is 659. The van der Waals surface area contributed by atoms with Crippen LogP contribution in [0.3, 0.4) is 0 Å². The zero-order chi connectivity index (χ0) is 15.0. The third-order valence-corrected chi connectivity index (χ3v) is 5.17. The molecule has 0 saturated carbocycles. The Morgan fingerprint density at radius 3 is 1.80 bits per heavy atom. The number of nitrogens with zero attached hydrogens (tertiary/aromatic N) is 1. The Balaban J connectivity index is 2.73. The topological polar surface area (TPSA) is 33.1 Å². The van der Waals surface area contributed by atoms with Crippen LogP contribution in [-0.4, -0.2) is 10.1 Å². The second kappa shape index (κ2) is 6.45. The quantitative estimate of drug-likeness (QED) is 0.491. The van der Waals surface area contributed by atoms with Crippen LogP contribution in [0.5, 0.6) is 0 Å². The fourth-order valence-electron chi connectivity index (χ4n) is 1.58. The molecule has 0 aliphatic carbocycles. The van der Waals surface area contributed by atoms with Crippen molar-refractivity contribution in [3.05, 3.63) is 48.1 Å². The van der Waals surface area contributed by atoms with E-state index in [-0.39, 0.29) is 36.7 Å². The molecule has 0 aliphatic rings. The summed E-state index contributed by atoms with van der Waals surface area (Å²) in [5.74, 6) is 0. The lowest BCUT2D eigenvalue weighted by atomic mass is 10.1. The number of rotatable bonds is 2. The fourth-order valence-corrected chi connectivity index (χ4v) is 3.16. The van der Waals surface area contributed by atoms with Gasteiger partial charge in [-0.3, -0.25) is 4.98 Å². The molecule has 8 heteroatoms. The smallest absolute Gasteiger partial charge is 0.0868 e. The van der Waals surface area contributed by atoms with Gasteiger partial charge in [0.2, 0.25) is 0 Å². The van der Waals surface area contributed by atoms with Gasteiger partial charge < -0.3 is 5.11 Å². The van der Waals surface area contributed by atoms with Crippen molar-refractivity contribution in [3.8, 4) is 11.1 Å². The van der Waals surface area contributed by atoms with Gasteiger partial charge >= 0.3 is 0 Å². The lowest BCUT2D eigenvalue weighted by molar-refractivity contribution is 0.277. The van der Waals surface area contributed by atoms with Gasteiger partial charge in [-0.2, -0.15) is 0 Å². The first-order valence-corrected chi connectivity index (χ1v) is 7.42. The van der Waals surface area contributed by atoms with Crippen molar-refractivity contribution in [2.24, 2.45) is 0 Å². The van der Waals surface area contributed by atoms with Gasteiger partial charge in [0, 0.05) is 17.3 Å². The Morgan fingerprint density at radius 2 is 1.35 bits per heavy atom. The molecule has 0 saturated heterocycles. The Labute approximate surface area is 145 Å². The minimum absolute atomic E-state index is 0.0816. The molecular weight excluding hydrogens is 387 g/mol. The van der Waals surface area contributed by atoms with Gasteiger partial charge in [-0.25, -0.2) is 0 Å². The van der Waals surface area contributed by atoms with Crippen LogP contribution in [0.4, 0.5) is 0 Å². The average Bonchev–Trinajstić information content (AvgIpc) is 2.43. The Hall–Kier alpha value is 0.0700. The zero-order valence-corrected chi connectivity index (χ0v) is 14.1. The predicted molar refractivity (Wildman–Crippen MR) is 85.7 cm³/mol. The molecule has 0 fully saturated rings. The number of benzene rings is 1. The molecule has 0 bridgehead atoms. The van der Waals surface area contributed by atoms with Gasteiger partial charge in [-0.05, 0) is 6.07 Å². The van der Waals surface area contributed by atoms with Crippen LogP contribution >= 0.6 is 69.6 Å². The number of hydrogen-bond acceptors (Lipinski definition) is 2. The van der Waals surface area contributed by atoms with Gasteiger partial charge in [-0.15, -0.1) is 0 Å². The van der Waals surface area contributed by atoms with Crippen molar-refractivity contribution in [1.82, 2.24) is 4.98 Å². The minimum Gasteiger partial charge on any atom is -0.390 e. The summed E-state index contributed by atoms with van der Waals surface area (Å²) in [6.07, 6.45) is 1.46. The van der Waals surface area contributed by atoms with E-state index in [4.69, 9.17) is 74.7 Å². The number of aromatic nitrogens is 1. The summed E-state index contributed by atoms with van der Waals surface area (Å²) < 4.78 is 0. The first kappa shape index (κ1) is 16.4. The molecule has 0 amide bonds. The highest BCUT2D eigenvalue weighted by Gasteiger charge is 2.21.